The average molecular weight is 261 g/mol. The standard InChI is InChI=1S/C17H27NO/c1-3-17(15-7-5-4-6-8-15)18-13-14-9-11-16(19-2)12-10-14/h9-12,15,17-18H,3-8,13H2,1-2H3. The number of hydrogen-bond donors (Lipinski definition) is 1. The van der Waals surface area contributed by atoms with Gasteiger partial charge >= 0.3 is 0 Å². The van der Waals surface area contributed by atoms with Gasteiger partial charge in [-0.15, -0.1) is 0 Å². The molecule has 0 amide bonds. The summed E-state index contributed by atoms with van der Waals surface area (Å²) in [4.78, 5) is 0. The molecule has 1 unspecified atom stereocenters. The fraction of sp³-hybridized carbons (Fsp3) is 0.647. The second-order valence-electron chi connectivity index (χ2n) is 5.64. The van der Waals surface area contributed by atoms with Crippen molar-refractivity contribution in [1.29, 1.82) is 0 Å². The number of methoxy groups -OCH3 is 1. The van der Waals surface area contributed by atoms with Crippen molar-refractivity contribution in [2.75, 3.05) is 7.11 Å². The van der Waals surface area contributed by atoms with Crippen LogP contribution in [0.3, 0.4) is 0 Å². The molecule has 0 heterocycles. The lowest BCUT2D eigenvalue weighted by Crippen LogP contribution is -2.36. The highest BCUT2D eigenvalue weighted by Gasteiger charge is 2.21. The van der Waals surface area contributed by atoms with E-state index in [2.05, 4.69) is 24.4 Å². The Morgan fingerprint density at radius 1 is 1.16 bits per heavy atom. The molecule has 2 nitrogen and oxygen atoms in total. The first-order chi connectivity index (χ1) is 9.33. The first-order valence-corrected chi connectivity index (χ1v) is 7.69. The lowest BCUT2D eigenvalue weighted by Gasteiger charge is -2.30. The predicted molar refractivity (Wildman–Crippen MR) is 80.5 cm³/mol. The van der Waals surface area contributed by atoms with Crippen LogP contribution in [0.2, 0.25) is 0 Å². The molecule has 0 radical (unpaired) electrons. The summed E-state index contributed by atoms with van der Waals surface area (Å²) in [6.07, 6.45) is 8.34. The molecule has 2 heteroatoms. The molecule has 0 aliphatic heterocycles. The maximum absolute atomic E-state index is 5.19. The SMILES string of the molecule is CCC(NCc1ccc(OC)cc1)C1CCCCC1. The van der Waals surface area contributed by atoms with Crippen molar-refractivity contribution in [2.45, 2.75) is 58.0 Å². The minimum Gasteiger partial charge on any atom is -0.497 e. The number of rotatable bonds is 6. The van der Waals surface area contributed by atoms with Crippen LogP contribution < -0.4 is 10.1 Å². The Labute approximate surface area is 117 Å². The maximum Gasteiger partial charge on any atom is 0.118 e. The fourth-order valence-corrected chi connectivity index (χ4v) is 3.17. The normalized spacial score (nSPS) is 18.2. The lowest BCUT2D eigenvalue weighted by molar-refractivity contribution is 0.261. The van der Waals surface area contributed by atoms with E-state index in [1.54, 1.807) is 7.11 Å². The third-order valence-corrected chi connectivity index (χ3v) is 4.39. The summed E-state index contributed by atoms with van der Waals surface area (Å²) in [7, 11) is 1.71. The van der Waals surface area contributed by atoms with Crippen LogP contribution in [0.15, 0.2) is 24.3 Å². The molecule has 2 rings (SSSR count). The van der Waals surface area contributed by atoms with Gasteiger partial charge in [-0.3, -0.25) is 0 Å². The Bertz CT molecular complexity index is 354. The molecule has 1 saturated carbocycles. The molecular formula is C17H27NO. The van der Waals surface area contributed by atoms with Gasteiger partial charge in [0.1, 0.15) is 5.75 Å². The van der Waals surface area contributed by atoms with Crippen molar-refractivity contribution in [2.24, 2.45) is 5.92 Å². The van der Waals surface area contributed by atoms with Crippen molar-refractivity contribution >= 4 is 0 Å². The summed E-state index contributed by atoms with van der Waals surface area (Å²) in [6, 6.07) is 9.07. The van der Waals surface area contributed by atoms with Crippen molar-refractivity contribution in [3.8, 4) is 5.75 Å². The van der Waals surface area contributed by atoms with Gasteiger partial charge in [-0.25, -0.2) is 0 Å². The van der Waals surface area contributed by atoms with E-state index < -0.39 is 0 Å². The van der Waals surface area contributed by atoms with Crippen LogP contribution in [0.1, 0.15) is 51.0 Å². The van der Waals surface area contributed by atoms with Gasteiger partial charge in [0.25, 0.3) is 0 Å². The van der Waals surface area contributed by atoms with Gasteiger partial charge in [-0.05, 0) is 42.9 Å². The Kier molecular flexibility index (Phi) is 5.71. The number of ether oxygens (including phenoxy) is 1. The van der Waals surface area contributed by atoms with E-state index in [9.17, 15) is 0 Å². The zero-order valence-corrected chi connectivity index (χ0v) is 12.3. The maximum atomic E-state index is 5.19. The van der Waals surface area contributed by atoms with Crippen molar-refractivity contribution in [3.63, 3.8) is 0 Å². The molecular weight excluding hydrogens is 234 g/mol. The van der Waals surface area contributed by atoms with Crippen LogP contribution in [-0.2, 0) is 6.54 Å². The highest BCUT2D eigenvalue weighted by atomic mass is 16.5. The summed E-state index contributed by atoms with van der Waals surface area (Å²) >= 11 is 0. The van der Waals surface area contributed by atoms with E-state index in [4.69, 9.17) is 4.74 Å². The summed E-state index contributed by atoms with van der Waals surface area (Å²) in [6.45, 7) is 3.28. The van der Waals surface area contributed by atoms with Crippen molar-refractivity contribution < 1.29 is 4.74 Å². The van der Waals surface area contributed by atoms with E-state index in [0.717, 1.165) is 18.2 Å². The molecule has 1 aromatic rings. The van der Waals surface area contributed by atoms with E-state index in [0.29, 0.717) is 6.04 Å². The molecule has 0 bridgehead atoms. The molecule has 1 aliphatic rings. The number of nitrogens with one attached hydrogen (secondary N) is 1. The minimum absolute atomic E-state index is 0.683. The predicted octanol–water partition coefficient (Wildman–Crippen LogP) is 4.14. The van der Waals surface area contributed by atoms with Crippen LogP contribution in [0.25, 0.3) is 0 Å². The molecule has 0 aromatic heterocycles. The summed E-state index contributed by atoms with van der Waals surface area (Å²) in [5.41, 5.74) is 1.34. The number of hydrogen-bond acceptors (Lipinski definition) is 2. The third-order valence-electron chi connectivity index (χ3n) is 4.39. The average Bonchev–Trinajstić information content (AvgIpc) is 2.49. The monoisotopic (exact) mass is 261 g/mol. The lowest BCUT2D eigenvalue weighted by atomic mass is 9.83. The van der Waals surface area contributed by atoms with Gasteiger partial charge in [0, 0.05) is 12.6 Å². The summed E-state index contributed by atoms with van der Waals surface area (Å²) < 4.78 is 5.19. The zero-order valence-electron chi connectivity index (χ0n) is 12.3. The first kappa shape index (κ1) is 14.4. The van der Waals surface area contributed by atoms with Crippen LogP contribution in [-0.4, -0.2) is 13.2 Å². The van der Waals surface area contributed by atoms with Crippen molar-refractivity contribution in [3.05, 3.63) is 29.8 Å². The van der Waals surface area contributed by atoms with Gasteiger partial charge in [-0.1, -0.05) is 38.3 Å². The Balaban J connectivity index is 1.84. The Morgan fingerprint density at radius 2 is 1.84 bits per heavy atom. The van der Waals surface area contributed by atoms with Crippen LogP contribution >= 0.6 is 0 Å². The molecule has 1 fully saturated rings. The Morgan fingerprint density at radius 3 is 2.42 bits per heavy atom. The van der Waals surface area contributed by atoms with Crippen LogP contribution in [0, 0.1) is 5.92 Å². The topological polar surface area (TPSA) is 21.3 Å². The molecule has 1 N–H and O–H groups in total. The van der Waals surface area contributed by atoms with E-state index >= 15 is 0 Å². The third kappa shape index (κ3) is 4.24. The van der Waals surface area contributed by atoms with E-state index in [-0.39, 0.29) is 0 Å². The number of benzene rings is 1. The van der Waals surface area contributed by atoms with Gasteiger partial charge in [0.15, 0.2) is 0 Å². The van der Waals surface area contributed by atoms with Crippen molar-refractivity contribution in [1.82, 2.24) is 5.32 Å². The minimum atomic E-state index is 0.683. The fourth-order valence-electron chi connectivity index (χ4n) is 3.17. The second kappa shape index (κ2) is 7.54. The first-order valence-electron chi connectivity index (χ1n) is 7.69. The smallest absolute Gasteiger partial charge is 0.118 e. The zero-order chi connectivity index (χ0) is 13.5. The molecule has 0 saturated heterocycles. The molecule has 1 aromatic carbocycles. The molecule has 1 aliphatic carbocycles. The largest absolute Gasteiger partial charge is 0.497 e. The van der Waals surface area contributed by atoms with E-state index in [1.165, 1.54) is 44.1 Å². The quantitative estimate of drug-likeness (QED) is 0.831. The van der Waals surface area contributed by atoms with Gasteiger partial charge in [-0.2, -0.15) is 0 Å². The highest BCUT2D eigenvalue weighted by molar-refractivity contribution is 5.27. The van der Waals surface area contributed by atoms with Crippen LogP contribution in [0.5, 0.6) is 5.75 Å². The molecule has 1 atom stereocenters. The molecule has 106 valence electrons. The van der Waals surface area contributed by atoms with Crippen LogP contribution in [0.4, 0.5) is 0 Å². The van der Waals surface area contributed by atoms with E-state index in [1.807, 2.05) is 12.1 Å². The Hall–Kier alpha value is -1.02. The van der Waals surface area contributed by atoms with Gasteiger partial charge in [0.2, 0.25) is 0 Å². The highest BCUT2D eigenvalue weighted by Crippen LogP contribution is 2.27. The molecule has 19 heavy (non-hydrogen) atoms. The van der Waals surface area contributed by atoms with Gasteiger partial charge < -0.3 is 10.1 Å². The molecule has 0 spiro atoms. The summed E-state index contributed by atoms with van der Waals surface area (Å²) in [5.74, 6) is 1.82. The summed E-state index contributed by atoms with van der Waals surface area (Å²) in [5, 5.41) is 3.75. The van der Waals surface area contributed by atoms with Gasteiger partial charge in [0.05, 0.1) is 7.11 Å². The second-order valence-corrected chi connectivity index (χ2v) is 5.64.